The van der Waals surface area contributed by atoms with Crippen molar-refractivity contribution in [1.82, 2.24) is 20.4 Å². The molecule has 6 nitrogen and oxygen atoms in total. The van der Waals surface area contributed by atoms with Crippen LogP contribution in [0.3, 0.4) is 0 Å². The van der Waals surface area contributed by atoms with Gasteiger partial charge in [0.15, 0.2) is 5.69 Å². The van der Waals surface area contributed by atoms with Gasteiger partial charge in [0.05, 0.1) is 11.6 Å². The topological polar surface area (TPSA) is 102 Å². The molecule has 3 aromatic rings. The van der Waals surface area contributed by atoms with Gasteiger partial charge in [-0.3, -0.25) is 0 Å². The van der Waals surface area contributed by atoms with Crippen molar-refractivity contribution in [1.29, 1.82) is 10.5 Å². The van der Waals surface area contributed by atoms with Gasteiger partial charge in [0.2, 0.25) is 0 Å². The van der Waals surface area contributed by atoms with E-state index in [0.717, 1.165) is 10.6 Å². The number of nitrogens with one attached hydrogen (secondary N) is 1. The summed E-state index contributed by atoms with van der Waals surface area (Å²) in [6.07, 6.45) is 0. The van der Waals surface area contributed by atoms with Crippen molar-refractivity contribution in [3.05, 3.63) is 40.9 Å². The van der Waals surface area contributed by atoms with Crippen molar-refractivity contribution in [2.24, 2.45) is 0 Å². The van der Waals surface area contributed by atoms with Crippen LogP contribution in [0.4, 0.5) is 0 Å². The molecule has 0 aliphatic carbocycles. The second-order valence-electron chi connectivity index (χ2n) is 3.86. The lowest BCUT2D eigenvalue weighted by Crippen LogP contribution is -1.84. The summed E-state index contributed by atoms with van der Waals surface area (Å²) in [5.74, 6) is 0. The lowest BCUT2D eigenvalue weighted by Gasteiger charge is -1.95. The van der Waals surface area contributed by atoms with Crippen LogP contribution >= 0.6 is 11.3 Å². The number of hydrogen-bond donors (Lipinski definition) is 1. The van der Waals surface area contributed by atoms with Crippen LogP contribution in [0.25, 0.3) is 22.0 Å². The summed E-state index contributed by atoms with van der Waals surface area (Å²) < 4.78 is 0. The highest BCUT2D eigenvalue weighted by atomic mass is 32.1. The molecule has 0 saturated heterocycles. The van der Waals surface area contributed by atoms with Gasteiger partial charge < -0.3 is 0 Å². The Labute approximate surface area is 118 Å². The number of aromatic nitrogens is 4. The average molecular weight is 278 g/mol. The van der Waals surface area contributed by atoms with Crippen LogP contribution in [-0.4, -0.2) is 20.4 Å². The minimum atomic E-state index is 0.215. The predicted octanol–water partition coefficient (Wildman–Crippen LogP) is 2.34. The van der Waals surface area contributed by atoms with E-state index in [4.69, 9.17) is 10.5 Å². The molecule has 0 aliphatic rings. The molecule has 0 spiro atoms. The summed E-state index contributed by atoms with van der Waals surface area (Å²) in [6.45, 7) is 0. The van der Waals surface area contributed by atoms with Gasteiger partial charge in [0.1, 0.15) is 22.5 Å². The lowest BCUT2D eigenvalue weighted by molar-refractivity contribution is 0.936. The van der Waals surface area contributed by atoms with E-state index in [1.165, 1.54) is 11.3 Å². The summed E-state index contributed by atoms with van der Waals surface area (Å²) >= 11 is 1.43. The first-order valence-corrected chi connectivity index (χ1v) is 6.47. The molecule has 0 atom stereocenters. The summed E-state index contributed by atoms with van der Waals surface area (Å²) in [5, 5.41) is 30.5. The third kappa shape index (κ3) is 2.03. The van der Waals surface area contributed by atoms with Gasteiger partial charge in [-0.2, -0.15) is 20.8 Å². The number of aromatic amines is 1. The van der Waals surface area contributed by atoms with Crippen molar-refractivity contribution in [2.75, 3.05) is 0 Å². The first-order valence-electron chi connectivity index (χ1n) is 5.59. The Morgan fingerprint density at radius 3 is 2.85 bits per heavy atom. The molecule has 94 valence electrons. The fourth-order valence-corrected chi connectivity index (χ4v) is 2.53. The summed E-state index contributed by atoms with van der Waals surface area (Å²) in [6, 6.07) is 11.3. The Morgan fingerprint density at radius 2 is 2.05 bits per heavy atom. The third-order valence-electron chi connectivity index (χ3n) is 2.64. The van der Waals surface area contributed by atoms with E-state index >= 15 is 0 Å². The maximum Gasteiger partial charge on any atom is 0.192 e. The van der Waals surface area contributed by atoms with Gasteiger partial charge in [0, 0.05) is 10.9 Å². The van der Waals surface area contributed by atoms with Gasteiger partial charge in [-0.05, 0) is 12.1 Å². The van der Waals surface area contributed by atoms with Crippen molar-refractivity contribution < 1.29 is 0 Å². The minimum absolute atomic E-state index is 0.215. The van der Waals surface area contributed by atoms with Crippen LogP contribution in [0.15, 0.2) is 29.6 Å². The SMILES string of the molecule is N#Cc1cccc(-c2nc(-c3n[nH]nc3C#N)cs2)c1. The summed E-state index contributed by atoms with van der Waals surface area (Å²) in [7, 11) is 0. The number of nitriles is 2. The van der Waals surface area contributed by atoms with Crippen molar-refractivity contribution in [2.45, 2.75) is 0 Å². The molecule has 2 heterocycles. The normalized spacial score (nSPS) is 9.90. The molecule has 7 heteroatoms. The Hall–Kier alpha value is -3.03. The highest BCUT2D eigenvalue weighted by Gasteiger charge is 2.14. The lowest BCUT2D eigenvalue weighted by atomic mass is 10.1. The van der Waals surface area contributed by atoms with Crippen LogP contribution in [0, 0.1) is 22.7 Å². The maximum atomic E-state index is 8.93. The molecule has 3 rings (SSSR count). The Bertz CT molecular complexity index is 848. The molecule has 0 aliphatic heterocycles. The van der Waals surface area contributed by atoms with E-state index in [0.29, 0.717) is 17.0 Å². The van der Waals surface area contributed by atoms with Gasteiger partial charge in [-0.1, -0.05) is 12.1 Å². The molecular weight excluding hydrogens is 272 g/mol. The van der Waals surface area contributed by atoms with Gasteiger partial charge in [-0.15, -0.1) is 16.4 Å². The number of nitrogens with zero attached hydrogens (tertiary/aromatic N) is 5. The molecule has 20 heavy (non-hydrogen) atoms. The highest BCUT2D eigenvalue weighted by molar-refractivity contribution is 7.13. The predicted molar refractivity (Wildman–Crippen MR) is 72.4 cm³/mol. The van der Waals surface area contributed by atoms with E-state index in [1.54, 1.807) is 12.1 Å². The number of rotatable bonds is 2. The standard InChI is InChI=1S/C13H6N6S/c14-5-8-2-1-3-9(4-8)13-16-11(7-20-13)12-10(6-15)17-19-18-12/h1-4,7H,(H,17,18,19). The largest absolute Gasteiger partial charge is 0.234 e. The molecule has 0 saturated carbocycles. The first kappa shape index (κ1) is 12.0. The molecule has 0 amide bonds. The van der Waals surface area contributed by atoms with Gasteiger partial charge in [-0.25, -0.2) is 4.98 Å². The van der Waals surface area contributed by atoms with E-state index in [2.05, 4.69) is 26.5 Å². The highest BCUT2D eigenvalue weighted by Crippen LogP contribution is 2.29. The van der Waals surface area contributed by atoms with Crippen LogP contribution in [-0.2, 0) is 0 Å². The third-order valence-corrected chi connectivity index (χ3v) is 3.53. The monoisotopic (exact) mass is 278 g/mol. The Balaban J connectivity index is 2.03. The van der Waals surface area contributed by atoms with Crippen molar-refractivity contribution in [3.63, 3.8) is 0 Å². The van der Waals surface area contributed by atoms with E-state index in [-0.39, 0.29) is 5.69 Å². The molecule has 0 unspecified atom stereocenters. The van der Waals surface area contributed by atoms with Gasteiger partial charge in [0.25, 0.3) is 0 Å². The molecule has 0 bridgehead atoms. The van der Waals surface area contributed by atoms with Crippen molar-refractivity contribution >= 4 is 11.3 Å². The summed E-state index contributed by atoms with van der Waals surface area (Å²) in [4.78, 5) is 4.44. The second-order valence-corrected chi connectivity index (χ2v) is 4.72. The molecule has 0 radical (unpaired) electrons. The number of H-pyrrole nitrogens is 1. The van der Waals surface area contributed by atoms with Gasteiger partial charge >= 0.3 is 0 Å². The maximum absolute atomic E-state index is 8.93. The number of benzene rings is 1. The average Bonchev–Trinajstić information content (AvgIpc) is 3.15. The van der Waals surface area contributed by atoms with E-state index < -0.39 is 0 Å². The van der Waals surface area contributed by atoms with Crippen LogP contribution < -0.4 is 0 Å². The quantitative estimate of drug-likeness (QED) is 0.775. The zero-order valence-electron chi connectivity index (χ0n) is 10.0. The fourth-order valence-electron chi connectivity index (χ4n) is 1.72. The molecule has 0 fully saturated rings. The van der Waals surface area contributed by atoms with E-state index in [1.807, 2.05) is 23.6 Å². The van der Waals surface area contributed by atoms with Crippen LogP contribution in [0.1, 0.15) is 11.3 Å². The first-order chi connectivity index (χ1) is 9.81. The zero-order valence-corrected chi connectivity index (χ0v) is 10.8. The summed E-state index contributed by atoms with van der Waals surface area (Å²) in [5.41, 5.74) is 2.69. The molecule has 1 aromatic carbocycles. The smallest absolute Gasteiger partial charge is 0.192 e. The Kier molecular flexibility index (Phi) is 2.96. The number of hydrogen-bond acceptors (Lipinski definition) is 6. The van der Waals surface area contributed by atoms with Crippen molar-refractivity contribution in [3.8, 4) is 34.1 Å². The minimum Gasteiger partial charge on any atom is -0.234 e. The van der Waals surface area contributed by atoms with Crippen LogP contribution in [0.2, 0.25) is 0 Å². The molecular formula is C13H6N6S. The molecule has 1 N–H and O–H groups in total. The number of thiazole rings is 1. The van der Waals surface area contributed by atoms with E-state index in [9.17, 15) is 0 Å². The Morgan fingerprint density at radius 1 is 1.15 bits per heavy atom. The fraction of sp³-hybridized carbons (Fsp3) is 0. The molecule has 2 aromatic heterocycles. The van der Waals surface area contributed by atoms with Crippen LogP contribution in [0.5, 0.6) is 0 Å². The zero-order chi connectivity index (χ0) is 13.9. The second kappa shape index (κ2) is 4.92.